The minimum Gasteiger partial charge on any atom is -0.366 e. The van der Waals surface area contributed by atoms with Gasteiger partial charge in [-0.2, -0.15) is 13.2 Å². The fourth-order valence-corrected chi connectivity index (χ4v) is 3.40. The van der Waals surface area contributed by atoms with Crippen LogP contribution in [0.1, 0.15) is 21.5 Å². The molecule has 1 amide bonds. The van der Waals surface area contributed by atoms with Gasteiger partial charge in [-0.15, -0.1) is 0 Å². The van der Waals surface area contributed by atoms with E-state index in [1.54, 1.807) is 0 Å². The van der Waals surface area contributed by atoms with E-state index in [-0.39, 0.29) is 16.8 Å². The first-order valence-corrected chi connectivity index (χ1v) is 8.21. The maximum Gasteiger partial charge on any atom is 0.417 e. The van der Waals surface area contributed by atoms with Crippen molar-refractivity contribution in [2.75, 3.05) is 4.72 Å². The van der Waals surface area contributed by atoms with Crippen LogP contribution in [0.25, 0.3) is 0 Å². The van der Waals surface area contributed by atoms with Gasteiger partial charge in [-0.1, -0.05) is 12.1 Å². The first kappa shape index (κ1) is 18.7. The highest BCUT2D eigenvalue weighted by molar-refractivity contribution is 7.92. The molecule has 0 bridgehead atoms. The summed E-state index contributed by atoms with van der Waals surface area (Å²) in [6.45, 7) is 1.20. The number of nitrogens with two attached hydrogens (primary N) is 1. The van der Waals surface area contributed by atoms with E-state index < -0.39 is 38.4 Å². The third-order valence-corrected chi connectivity index (χ3v) is 4.78. The fraction of sp³-hybridized carbons (Fsp3) is 0.133. The van der Waals surface area contributed by atoms with Crippen molar-refractivity contribution in [2.24, 2.45) is 5.73 Å². The highest BCUT2D eigenvalue weighted by atomic mass is 32.2. The van der Waals surface area contributed by atoms with Crippen LogP contribution in [0, 0.1) is 12.7 Å². The number of primary amides is 1. The number of carbonyl (C=O) groups excluding carboxylic acids is 1. The van der Waals surface area contributed by atoms with Gasteiger partial charge in [-0.05, 0) is 31.2 Å². The van der Waals surface area contributed by atoms with Gasteiger partial charge in [0.25, 0.3) is 10.0 Å². The molecule has 0 aliphatic carbocycles. The zero-order valence-electron chi connectivity index (χ0n) is 12.7. The lowest BCUT2D eigenvalue weighted by molar-refractivity contribution is -0.139. The molecule has 5 nitrogen and oxygen atoms in total. The van der Waals surface area contributed by atoms with Gasteiger partial charge >= 0.3 is 6.18 Å². The maximum atomic E-state index is 13.8. The maximum absolute atomic E-state index is 13.8. The van der Waals surface area contributed by atoms with Gasteiger partial charge in [0, 0.05) is 11.1 Å². The van der Waals surface area contributed by atoms with Gasteiger partial charge in [-0.25, -0.2) is 12.8 Å². The fourth-order valence-electron chi connectivity index (χ4n) is 2.06. The van der Waals surface area contributed by atoms with E-state index in [0.29, 0.717) is 6.07 Å². The van der Waals surface area contributed by atoms with Gasteiger partial charge in [0.2, 0.25) is 5.91 Å². The number of rotatable bonds is 4. The summed E-state index contributed by atoms with van der Waals surface area (Å²) in [4.78, 5) is 10.1. The molecule has 134 valence electrons. The summed E-state index contributed by atoms with van der Waals surface area (Å²) in [5.41, 5.74) is 2.75. The van der Waals surface area contributed by atoms with Crippen molar-refractivity contribution in [3.63, 3.8) is 0 Å². The molecule has 0 radical (unpaired) electrons. The predicted molar refractivity (Wildman–Crippen MR) is 81.9 cm³/mol. The van der Waals surface area contributed by atoms with Crippen molar-refractivity contribution < 1.29 is 30.8 Å². The molecule has 0 atom stereocenters. The zero-order chi connectivity index (χ0) is 19.0. The van der Waals surface area contributed by atoms with Crippen LogP contribution in [-0.2, 0) is 16.2 Å². The molecule has 10 heteroatoms. The summed E-state index contributed by atoms with van der Waals surface area (Å²) in [6, 6.07) is 5.31. The molecule has 0 aliphatic rings. The van der Waals surface area contributed by atoms with Crippen LogP contribution in [0.3, 0.4) is 0 Å². The molecular weight excluding hydrogens is 364 g/mol. The highest BCUT2D eigenvalue weighted by Gasteiger charge is 2.37. The van der Waals surface area contributed by atoms with Crippen molar-refractivity contribution in [3.05, 3.63) is 58.9 Å². The van der Waals surface area contributed by atoms with Crippen molar-refractivity contribution in [1.82, 2.24) is 0 Å². The largest absolute Gasteiger partial charge is 0.417 e. The SMILES string of the molecule is Cc1c(F)cc(C(N)=O)cc1NS(=O)(=O)c1ccccc1C(F)(F)F. The lowest BCUT2D eigenvalue weighted by atomic mass is 10.1. The number of hydrogen-bond acceptors (Lipinski definition) is 3. The Morgan fingerprint density at radius 1 is 1.16 bits per heavy atom. The number of carbonyl (C=O) groups is 1. The molecule has 3 N–H and O–H groups in total. The van der Waals surface area contributed by atoms with Crippen LogP contribution in [0.2, 0.25) is 0 Å². The Balaban J connectivity index is 2.57. The van der Waals surface area contributed by atoms with Crippen molar-refractivity contribution in [1.29, 1.82) is 0 Å². The lowest BCUT2D eigenvalue weighted by Crippen LogP contribution is -2.20. The quantitative estimate of drug-likeness (QED) is 0.804. The second-order valence-electron chi connectivity index (χ2n) is 5.09. The summed E-state index contributed by atoms with van der Waals surface area (Å²) in [6.07, 6.45) is -4.90. The Hall–Kier alpha value is -2.62. The van der Waals surface area contributed by atoms with E-state index in [1.165, 1.54) is 6.92 Å². The van der Waals surface area contributed by atoms with E-state index in [9.17, 15) is 30.8 Å². The summed E-state index contributed by atoms with van der Waals surface area (Å²) in [5, 5.41) is 0. The van der Waals surface area contributed by atoms with E-state index in [2.05, 4.69) is 0 Å². The van der Waals surface area contributed by atoms with Gasteiger partial charge in [0.15, 0.2) is 0 Å². The molecule has 0 aromatic heterocycles. The van der Waals surface area contributed by atoms with Gasteiger partial charge in [0.1, 0.15) is 5.82 Å². The Labute approximate surface area is 140 Å². The standard InChI is InChI=1S/C15H12F4N2O3S/c1-8-11(16)6-9(14(20)22)7-12(8)21-25(23,24)13-5-3-2-4-10(13)15(17,18)19/h2-7,21H,1H3,(H2,20,22). The topological polar surface area (TPSA) is 89.3 Å². The number of benzene rings is 2. The minimum atomic E-state index is -4.90. The summed E-state index contributed by atoms with van der Waals surface area (Å²) in [7, 11) is -4.70. The Morgan fingerprint density at radius 3 is 2.32 bits per heavy atom. The zero-order valence-corrected chi connectivity index (χ0v) is 13.5. The molecule has 0 fully saturated rings. The molecule has 0 saturated carbocycles. The molecule has 0 unspecified atom stereocenters. The number of nitrogens with one attached hydrogen (secondary N) is 1. The number of hydrogen-bond donors (Lipinski definition) is 2. The third kappa shape index (κ3) is 3.90. The van der Waals surface area contributed by atoms with Crippen LogP contribution in [0.5, 0.6) is 0 Å². The number of anilines is 1. The molecule has 0 spiro atoms. The van der Waals surface area contributed by atoms with Gasteiger partial charge in [-0.3, -0.25) is 9.52 Å². The number of sulfonamides is 1. The predicted octanol–water partition coefficient (Wildman–Crippen LogP) is 3.05. The second kappa shape index (κ2) is 6.36. The van der Waals surface area contributed by atoms with Crippen LogP contribution in [0.15, 0.2) is 41.3 Å². The molecule has 2 aromatic carbocycles. The average molecular weight is 376 g/mol. The monoisotopic (exact) mass is 376 g/mol. The minimum absolute atomic E-state index is 0.196. The third-order valence-electron chi connectivity index (χ3n) is 3.36. The Bertz CT molecular complexity index is 940. The van der Waals surface area contributed by atoms with Crippen LogP contribution in [0.4, 0.5) is 23.2 Å². The van der Waals surface area contributed by atoms with Crippen LogP contribution in [-0.4, -0.2) is 14.3 Å². The summed E-state index contributed by atoms with van der Waals surface area (Å²) >= 11 is 0. The van der Waals surface area contributed by atoms with Gasteiger partial charge < -0.3 is 5.73 Å². The van der Waals surface area contributed by atoms with E-state index in [1.807, 2.05) is 4.72 Å². The highest BCUT2D eigenvalue weighted by Crippen LogP contribution is 2.35. The van der Waals surface area contributed by atoms with E-state index >= 15 is 0 Å². The number of amides is 1. The van der Waals surface area contributed by atoms with Gasteiger partial charge in [0.05, 0.1) is 16.1 Å². The summed E-state index contributed by atoms with van der Waals surface area (Å²) < 4.78 is 79.5. The number of alkyl halides is 3. The molecule has 0 heterocycles. The molecule has 2 rings (SSSR count). The molecular formula is C15H12F4N2O3S. The summed E-state index contributed by atoms with van der Waals surface area (Å²) in [5.74, 6) is -1.95. The molecule has 25 heavy (non-hydrogen) atoms. The van der Waals surface area contributed by atoms with Crippen LogP contribution < -0.4 is 10.5 Å². The van der Waals surface area contributed by atoms with E-state index in [0.717, 1.165) is 30.3 Å². The Morgan fingerprint density at radius 2 is 1.76 bits per heavy atom. The first-order valence-electron chi connectivity index (χ1n) is 6.72. The lowest BCUT2D eigenvalue weighted by Gasteiger charge is -2.16. The molecule has 2 aromatic rings. The smallest absolute Gasteiger partial charge is 0.366 e. The van der Waals surface area contributed by atoms with Crippen molar-refractivity contribution in [2.45, 2.75) is 18.0 Å². The van der Waals surface area contributed by atoms with Crippen molar-refractivity contribution in [3.8, 4) is 0 Å². The Kier molecular flexibility index (Phi) is 4.76. The first-order chi connectivity index (χ1) is 11.4. The normalized spacial score (nSPS) is 12.0. The molecule has 0 saturated heterocycles. The number of halogens is 4. The van der Waals surface area contributed by atoms with E-state index in [4.69, 9.17) is 5.73 Å². The van der Waals surface area contributed by atoms with Crippen molar-refractivity contribution >= 4 is 21.6 Å². The molecule has 0 aliphatic heterocycles. The van der Waals surface area contributed by atoms with Crippen LogP contribution >= 0.6 is 0 Å². The average Bonchev–Trinajstić information content (AvgIpc) is 2.50. The second-order valence-corrected chi connectivity index (χ2v) is 6.75.